The summed E-state index contributed by atoms with van der Waals surface area (Å²) < 4.78 is 35.4. The van der Waals surface area contributed by atoms with E-state index >= 15 is 0 Å². The Labute approximate surface area is 175 Å². The van der Waals surface area contributed by atoms with Crippen LogP contribution in [-0.4, -0.2) is 31.2 Å². The molecule has 1 fully saturated rings. The number of benzene rings is 2. The third kappa shape index (κ3) is 2.81. The third-order valence-electron chi connectivity index (χ3n) is 6.44. The molecular weight excluding hydrogens is 402 g/mol. The topological polar surface area (TPSA) is 90.3 Å². The number of fused-ring (bicyclic) bond motifs is 2. The van der Waals surface area contributed by atoms with Crippen molar-refractivity contribution in [1.29, 1.82) is 0 Å². The van der Waals surface area contributed by atoms with E-state index in [4.69, 9.17) is 4.74 Å². The van der Waals surface area contributed by atoms with E-state index in [2.05, 4.69) is 15.9 Å². The lowest BCUT2D eigenvalue weighted by Crippen LogP contribution is -2.40. The molecule has 30 heavy (non-hydrogen) atoms. The number of methoxy groups -OCH3 is 1. The number of hydrogen-bond donors (Lipinski definition) is 1. The molecule has 2 aliphatic rings. The average molecular weight is 426 g/mol. The molecular formula is C22H23N3O4S. The fourth-order valence-electron chi connectivity index (χ4n) is 4.62. The van der Waals surface area contributed by atoms with Crippen LogP contribution in [0.3, 0.4) is 0 Å². The van der Waals surface area contributed by atoms with Gasteiger partial charge in [-0.2, -0.15) is 5.10 Å². The Kier molecular flexibility index (Phi) is 4.36. The molecule has 1 atom stereocenters. The van der Waals surface area contributed by atoms with Gasteiger partial charge in [-0.1, -0.05) is 24.6 Å². The maximum Gasteiger partial charge on any atom is 0.266 e. The molecule has 0 saturated heterocycles. The normalized spacial score (nSPS) is 18.4. The summed E-state index contributed by atoms with van der Waals surface area (Å²) in [6, 6.07) is 8.92. The molecule has 2 aromatic carbocycles. The van der Waals surface area contributed by atoms with E-state index in [0.29, 0.717) is 29.0 Å². The quantitative estimate of drug-likeness (QED) is 0.679. The number of sulfonamides is 1. The van der Waals surface area contributed by atoms with Crippen molar-refractivity contribution in [3.8, 4) is 5.75 Å². The molecule has 8 heteroatoms. The average Bonchev–Trinajstić information content (AvgIpc) is 3.02. The first-order chi connectivity index (χ1) is 14.4. The van der Waals surface area contributed by atoms with Crippen LogP contribution in [0.15, 0.2) is 41.4 Å². The molecule has 156 valence electrons. The molecule has 1 amide bonds. The zero-order chi connectivity index (χ0) is 21.0. The van der Waals surface area contributed by atoms with Crippen LogP contribution in [0, 0.1) is 0 Å². The minimum absolute atomic E-state index is 0.0445. The van der Waals surface area contributed by atoms with Crippen molar-refractivity contribution in [2.45, 2.75) is 42.4 Å². The standard InChI is InChI=1S/C22H23N3O4S/c1-25-21-14(12-23-25)7-4-8-19(21)30(27,28)24-22(26)17-11-16-15(13-5-3-6-13)9-10-18(29-2)20(16)17/h4,7-10,12-13,17H,3,5-6,11H2,1-2H3,(H,24,26)/t17-/m0/s1. The second kappa shape index (κ2) is 6.84. The van der Waals surface area contributed by atoms with E-state index in [1.54, 1.807) is 32.5 Å². The number of hydrogen-bond acceptors (Lipinski definition) is 5. The van der Waals surface area contributed by atoms with Gasteiger partial charge in [0.25, 0.3) is 10.0 Å². The van der Waals surface area contributed by atoms with Gasteiger partial charge in [-0.05, 0) is 48.4 Å². The second-order valence-corrected chi connectivity index (χ2v) is 9.72. The third-order valence-corrected chi connectivity index (χ3v) is 7.82. The van der Waals surface area contributed by atoms with Crippen LogP contribution in [0.2, 0.25) is 0 Å². The summed E-state index contributed by atoms with van der Waals surface area (Å²) in [5, 5.41) is 4.83. The Hall–Kier alpha value is -2.87. The molecule has 1 aromatic heterocycles. The molecule has 0 unspecified atom stereocenters. The van der Waals surface area contributed by atoms with E-state index in [1.165, 1.54) is 35.6 Å². The Balaban J connectivity index is 1.46. The Morgan fingerprint density at radius 2 is 2.03 bits per heavy atom. The fraction of sp³-hybridized carbons (Fsp3) is 0.364. The monoisotopic (exact) mass is 425 g/mol. The van der Waals surface area contributed by atoms with Gasteiger partial charge < -0.3 is 4.74 Å². The van der Waals surface area contributed by atoms with Gasteiger partial charge in [0.1, 0.15) is 10.6 Å². The van der Waals surface area contributed by atoms with Crippen LogP contribution in [-0.2, 0) is 28.3 Å². The van der Waals surface area contributed by atoms with E-state index in [9.17, 15) is 13.2 Å². The number of rotatable bonds is 5. The number of aromatic nitrogens is 2. The summed E-state index contributed by atoms with van der Waals surface area (Å²) in [4.78, 5) is 13.0. The van der Waals surface area contributed by atoms with E-state index in [-0.39, 0.29) is 4.90 Å². The van der Waals surface area contributed by atoms with Crippen molar-refractivity contribution in [3.63, 3.8) is 0 Å². The van der Waals surface area contributed by atoms with E-state index in [0.717, 1.165) is 11.1 Å². The number of carbonyl (C=O) groups is 1. The van der Waals surface area contributed by atoms with Crippen molar-refractivity contribution in [2.24, 2.45) is 7.05 Å². The van der Waals surface area contributed by atoms with E-state index in [1.807, 2.05) is 6.07 Å². The summed E-state index contributed by atoms with van der Waals surface area (Å²) in [5.41, 5.74) is 3.72. The van der Waals surface area contributed by atoms with Crippen molar-refractivity contribution in [1.82, 2.24) is 14.5 Å². The number of para-hydroxylation sites is 1. The van der Waals surface area contributed by atoms with Gasteiger partial charge in [0.05, 0.1) is 24.7 Å². The van der Waals surface area contributed by atoms with Gasteiger partial charge in [0.15, 0.2) is 0 Å². The van der Waals surface area contributed by atoms with Gasteiger partial charge >= 0.3 is 0 Å². The number of carbonyl (C=O) groups excluding carboxylic acids is 1. The van der Waals surface area contributed by atoms with Crippen molar-refractivity contribution < 1.29 is 17.9 Å². The Bertz CT molecular complexity index is 1280. The summed E-state index contributed by atoms with van der Waals surface area (Å²) in [5.74, 6) is 0.131. The zero-order valence-corrected chi connectivity index (χ0v) is 17.7. The van der Waals surface area contributed by atoms with Gasteiger partial charge in [-0.15, -0.1) is 0 Å². The van der Waals surface area contributed by atoms with Gasteiger partial charge in [0.2, 0.25) is 5.91 Å². The molecule has 2 aliphatic carbocycles. The molecule has 1 saturated carbocycles. The van der Waals surface area contributed by atoms with Crippen molar-refractivity contribution >= 4 is 26.8 Å². The predicted molar refractivity (Wildman–Crippen MR) is 112 cm³/mol. The fourth-order valence-corrected chi connectivity index (χ4v) is 5.90. The van der Waals surface area contributed by atoms with Crippen molar-refractivity contribution in [3.05, 3.63) is 53.2 Å². The molecule has 7 nitrogen and oxygen atoms in total. The highest BCUT2D eigenvalue weighted by atomic mass is 32.2. The maximum absolute atomic E-state index is 13.0. The highest BCUT2D eigenvalue weighted by Crippen LogP contribution is 2.49. The summed E-state index contributed by atoms with van der Waals surface area (Å²) in [6.45, 7) is 0. The van der Waals surface area contributed by atoms with Crippen LogP contribution in [0.1, 0.15) is 47.8 Å². The number of aryl methyl sites for hydroxylation is 1. The molecule has 0 aliphatic heterocycles. The first-order valence-electron chi connectivity index (χ1n) is 10.1. The minimum Gasteiger partial charge on any atom is -0.496 e. The summed E-state index contributed by atoms with van der Waals surface area (Å²) in [7, 11) is -0.789. The minimum atomic E-state index is -4.04. The van der Waals surface area contributed by atoms with Crippen LogP contribution < -0.4 is 9.46 Å². The molecule has 0 spiro atoms. The lowest BCUT2D eigenvalue weighted by atomic mass is 9.68. The van der Waals surface area contributed by atoms with Crippen LogP contribution in [0.25, 0.3) is 10.9 Å². The summed E-state index contributed by atoms with van der Waals surface area (Å²) >= 11 is 0. The van der Waals surface area contributed by atoms with Gasteiger partial charge in [-0.3, -0.25) is 9.48 Å². The number of nitrogens with one attached hydrogen (secondary N) is 1. The molecule has 1 N–H and O–H groups in total. The van der Waals surface area contributed by atoms with Gasteiger partial charge in [-0.25, -0.2) is 13.1 Å². The molecule has 0 bridgehead atoms. The summed E-state index contributed by atoms with van der Waals surface area (Å²) in [6.07, 6.45) is 5.70. The highest BCUT2D eigenvalue weighted by molar-refractivity contribution is 7.90. The number of ether oxygens (including phenoxy) is 1. The number of nitrogens with zero attached hydrogens (tertiary/aromatic N) is 2. The highest BCUT2D eigenvalue weighted by Gasteiger charge is 2.40. The first-order valence-corrected chi connectivity index (χ1v) is 11.6. The second-order valence-electron chi connectivity index (χ2n) is 8.07. The molecule has 3 aromatic rings. The Morgan fingerprint density at radius 3 is 2.73 bits per heavy atom. The molecule has 0 radical (unpaired) electrons. The predicted octanol–water partition coefficient (Wildman–Crippen LogP) is 2.99. The molecule has 1 heterocycles. The largest absolute Gasteiger partial charge is 0.496 e. The van der Waals surface area contributed by atoms with Crippen molar-refractivity contribution in [2.75, 3.05) is 7.11 Å². The first kappa shape index (κ1) is 19.1. The van der Waals surface area contributed by atoms with Crippen LogP contribution >= 0.6 is 0 Å². The molecule has 5 rings (SSSR count). The zero-order valence-electron chi connectivity index (χ0n) is 16.9. The van der Waals surface area contributed by atoms with Gasteiger partial charge in [0, 0.05) is 18.0 Å². The van der Waals surface area contributed by atoms with E-state index < -0.39 is 21.8 Å². The van der Waals surface area contributed by atoms with Crippen LogP contribution in [0.4, 0.5) is 0 Å². The SMILES string of the molecule is COc1ccc(C2CCC2)c2c1[C@@H](C(=O)NS(=O)(=O)c1cccc3cnn(C)c13)C2. The maximum atomic E-state index is 13.0. The van der Waals surface area contributed by atoms with Crippen LogP contribution in [0.5, 0.6) is 5.75 Å². The lowest BCUT2D eigenvalue weighted by Gasteiger charge is -2.37. The lowest BCUT2D eigenvalue weighted by molar-refractivity contribution is -0.121. The Morgan fingerprint density at radius 1 is 1.23 bits per heavy atom. The smallest absolute Gasteiger partial charge is 0.266 e. The number of amides is 1.